The lowest BCUT2D eigenvalue weighted by molar-refractivity contribution is -0.132. The first-order valence-corrected chi connectivity index (χ1v) is 9.74. The molecule has 6 nitrogen and oxygen atoms in total. The standard InChI is InChI=1S/C19H26N2O4S/c1-3-8-21(13-16-4-6-17(24-2)7-5-16)19(23)15-26-14-18(22)20-9-11-25-12-10-20/h3-7H,1,8-15H2,2H3. The topological polar surface area (TPSA) is 59.1 Å². The van der Waals surface area contributed by atoms with E-state index in [0.717, 1.165) is 11.3 Å². The summed E-state index contributed by atoms with van der Waals surface area (Å²) in [6, 6.07) is 7.64. The van der Waals surface area contributed by atoms with Crippen molar-refractivity contribution in [2.45, 2.75) is 6.54 Å². The maximum absolute atomic E-state index is 12.5. The first-order chi connectivity index (χ1) is 12.6. The van der Waals surface area contributed by atoms with Crippen LogP contribution in [0, 0.1) is 0 Å². The molecule has 142 valence electrons. The van der Waals surface area contributed by atoms with Gasteiger partial charge in [-0.15, -0.1) is 18.3 Å². The summed E-state index contributed by atoms with van der Waals surface area (Å²) in [5.41, 5.74) is 1.02. The van der Waals surface area contributed by atoms with Crippen LogP contribution in [0.2, 0.25) is 0 Å². The summed E-state index contributed by atoms with van der Waals surface area (Å²) < 4.78 is 10.4. The Morgan fingerprint density at radius 2 is 1.96 bits per heavy atom. The van der Waals surface area contributed by atoms with Crippen molar-refractivity contribution in [1.29, 1.82) is 0 Å². The van der Waals surface area contributed by atoms with Gasteiger partial charge in [0.1, 0.15) is 5.75 Å². The summed E-state index contributed by atoms with van der Waals surface area (Å²) >= 11 is 1.36. The number of amides is 2. The van der Waals surface area contributed by atoms with Crippen molar-refractivity contribution in [2.24, 2.45) is 0 Å². The quantitative estimate of drug-likeness (QED) is 0.614. The number of morpholine rings is 1. The second kappa shape index (κ2) is 10.9. The highest BCUT2D eigenvalue weighted by Crippen LogP contribution is 2.14. The highest BCUT2D eigenvalue weighted by molar-refractivity contribution is 8.00. The molecule has 0 aromatic heterocycles. The summed E-state index contributed by atoms with van der Waals surface area (Å²) in [5, 5.41) is 0. The minimum Gasteiger partial charge on any atom is -0.497 e. The van der Waals surface area contributed by atoms with Gasteiger partial charge < -0.3 is 19.3 Å². The van der Waals surface area contributed by atoms with Gasteiger partial charge in [-0.2, -0.15) is 0 Å². The molecule has 0 atom stereocenters. The number of methoxy groups -OCH3 is 1. The van der Waals surface area contributed by atoms with E-state index in [-0.39, 0.29) is 17.6 Å². The lowest BCUT2D eigenvalue weighted by Crippen LogP contribution is -2.41. The number of ether oxygens (including phenoxy) is 2. The number of hydrogen-bond acceptors (Lipinski definition) is 5. The Morgan fingerprint density at radius 3 is 2.58 bits per heavy atom. The van der Waals surface area contributed by atoms with Crippen LogP contribution in [0.5, 0.6) is 5.75 Å². The molecule has 1 aliphatic rings. The first-order valence-electron chi connectivity index (χ1n) is 8.59. The summed E-state index contributed by atoms with van der Waals surface area (Å²) in [6.07, 6.45) is 1.71. The lowest BCUT2D eigenvalue weighted by atomic mass is 10.2. The number of carbonyl (C=O) groups is 2. The molecule has 1 heterocycles. The first kappa shape index (κ1) is 20.3. The number of benzene rings is 1. The van der Waals surface area contributed by atoms with E-state index < -0.39 is 0 Å². The summed E-state index contributed by atoms with van der Waals surface area (Å²) in [7, 11) is 1.62. The van der Waals surface area contributed by atoms with Crippen LogP contribution in [-0.4, -0.2) is 73.1 Å². The fraction of sp³-hybridized carbons (Fsp3) is 0.474. The van der Waals surface area contributed by atoms with Crippen LogP contribution < -0.4 is 4.74 Å². The average Bonchev–Trinajstić information content (AvgIpc) is 2.68. The monoisotopic (exact) mass is 378 g/mol. The van der Waals surface area contributed by atoms with Crippen LogP contribution >= 0.6 is 11.8 Å². The van der Waals surface area contributed by atoms with Gasteiger partial charge >= 0.3 is 0 Å². The van der Waals surface area contributed by atoms with Crippen LogP contribution in [0.1, 0.15) is 5.56 Å². The van der Waals surface area contributed by atoms with Crippen molar-refractivity contribution >= 4 is 23.6 Å². The highest BCUT2D eigenvalue weighted by Gasteiger charge is 2.18. The van der Waals surface area contributed by atoms with Crippen molar-refractivity contribution in [3.63, 3.8) is 0 Å². The maximum Gasteiger partial charge on any atom is 0.233 e. The van der Waals surface area contributed by atoms with Crippen molar-refractivity contribution < 1.29 is 19.1 Å². The molecule has 1 aromatic rings. The fourth-order valence-corrected chi connectivity index (χ4v) is 3.40. The van der Waals surface area contributed by atoms with E-state index in [2.05, 4.69) is 6.58 Å². The molecule has 26 heavy (non-hydrogen) atoms. The SMILES string of the molecule is C=CCN(Cc1ccc(OC)cc1)C(=O)CSCC(=O)N1CCOCC1. The summed E-state index contributed by atoms with van der Waals surface area (Å²) in [6.45, 7) is 7.15. The molecule has 0 aliphatic carbocycles. The van der Waals surface area contributed by atoms with E-state index >= 15 is 0 Å². The third kappa shape index (κ3) is 6.38. The number of hydrogen-bond donors (Lipinski definition) is 0. The van der Waals surface area contributed by atoms with E-state index in [1.807, 2.05) is 24.3 Å². The molecular formula is C19H26N2O4S. The van der Waals surface area contributed by atoms with Crippen molar-refractivity contribution in [2.75, 3.05) is 51.5 Å². The molecule has 0 unspecified atom stereocenters. The Kier molecular flexibility index (Phi) is 8.50. The molecule has 1 saturated heterocycles. The Morgan fingerprint density at radius 1 is 1.27 bits per heavy atom. The highest BCUT2D eigenvalue weighted by atomic mass is 32.2. The molecular weight excluding hydrogens is 352 g/mol. The van der Waals surface area contributed by atoms with Crippen LogP contribution in [0.15, 0.2) is 36.9 Å². The molecule has 7 heteroatoms. The molecule has 0 saturated carbocycles. The van der Waals surface area contributed by atoms with Crippen molar-refractivity contribution in [3.8, 4) is 5.75 Å². The minimum atomic E-state index is 0.000459. The van der Waals surface area contributed by atoms with Gasteiger partial charge in [-0.05, 0) is 17.7 Å². The lowest BCUT2D eigenvalue weighted by Gasteiger charge is -2.27. The van der Waals surface area contributed by atoms with Crippen LogP contribution in [0.3, 0.4) is 0 Å². The van der Waals surface area contributed by atoms with Crippen LogP contribution in [0.25, 0.3) is 0 Å². The van der Waals surface area contributed by atoms with E-state index in [9.17, 15) is 9.59 Å². The van der Waals surface area contributed by atoms with Gasteiger partial charge in [0.25, 0.3) is 0 Å². The zero-order valence-corrected chi connectivity index (χ0v) is 16.0. The second-order valence-corrected chi connectivity index (χ2v) is 6.88. The molecule has 0 radical (unpaired) electrons. The fourth-order valence-electron chi connectivity index (χ4n) is 2.58. The number of carbonyl (C=O) groups excluding carboxylic acids is 2. The molecule has 2 amide bonds. The Hall–Kier alpha value is -1.99. The molecule has 1 aromatic carbocycles. The minimum absolute atomic E-state index is 0.000459. The van der Waals surface area contributed by atoms with E-state index in [1.54, 1.807) is 23.0 Å². The van der Waals surface area contributed by atoms with E-state index in [1.165, 1.54) is 11.8 Å². The molecule has 0 N–H and O–H groups in total. The third-order valence-corrected chi connectivity index (χ3v) is 4.95. The molecule has 0 spiro atoms. The molecule has 1 aliphatic heterocycles. The van der Waals surface area contributed by atoms with E-state index in [4.69, 9.17) is 9.47 Å². The maximum atomic E-state index is 12.5. The third-order valence-electron chi connectivity index (χ3n) is 4.05. The Labute approximate surface area is 159 Å². The smallest absolute Gasteiger partial charge is 0.233 e. The zero-order valence-electron chi connectivity index (χ0n) is 15.2. The Bertz CT molecular complexity index is 600. The van der Waals surface area contributed by atoms with E-state index in [0.29, 0.717) is 45.1 Å². The molecule has 2 rings (SSSR count). The summed E-state index contributed by atoms with van der Waals surface area (Å²) in [5.74, 6) is 1.44. The molecule has 0 bridgehead atoms. The van der Waals surface area contributed by atoms with Crippen molar-refractivity contribution in [3.05, 3.63) is 42.5 Å². The van der Waals surface area contributed by atoms with Gasteiger partial charge in [-0.25, -0.2) is 0 Å². The predicted octanol–water partition coefficient (Wildman–Crippen LogP) is 1.80. The number of nitrogens with zero attached hydrogens (tertiary/aromatic N) is 2. The zero-order chi connectivity index (χ0) is 18.8. The van der Waals surface area contributed by atoms with Crippen LogP contribution in [-0.2, 0) is 20.9 Å². The van der Waals surface area contributed by atoms with Crippen molar-refractivity contribution in [1.82, 2.24) is 9.80 Å². The van der Waals surface area contributed by atoms with Gasteiger partial charge in [-0.1, -0.05) is 18.2 Å². The normalized spacial score (nSPS) is 14.0. The average molecular weight is 378 g/mol. The largest absolute Gasteiger partial charge is 0.497 e. The van der Waals surface area contributed by atoms with Crippen LogP contribution in [0.4, 0.5) is 0 Å². The van der Waals surface area contributed by atoms with Gasteiger partial charge in [0.2, 0.25) is 11.8 Å². The molecule has 1 fully saturated rings. The van der Waals surface area contributed by atoms with Gasteiger partial charge in [-0.3, -0.25) is 9.59 Å². The van der Waals surface area contributed by atoms with Gasteiger partial charge in [0.05, 0.1) is 31.8 Å². The second-order valence-electron chi connectivity index (χ2n) is 5.90. The Balaban J connectivity index is 1.80. The number of rotatable bonds is 9. The van der Waals surface area contributed by atoms with Gasteiger partial charge in [0, 0.05) is 26.2 Å². The van der Waals surface area contributed by atoms with Gasteiger partial charge in [0.15, 0.2) is 0 Å². The summed E-state index contributed by atoms with van der Waals surface area (Å²) in [4.78, 5) is 28.2. The number of thioether (sulfide) groups is 1. The predicted molar refractivity (Wildman–Crippen MR) is 103 cm³/mol.